The van der Waals surface area contributed by atoms with Crippen LogP contribution in [0.3, 0.4) is 0 Å². The van der Waals surface area contributed by atoms with Crippen molar-refractivity contribution in [3.05, 3.63) is 54.1 Å². The molecule has 0 aromatic heterocycles. The van der Waals surface area contributed by atoms with Gasteiger partial charge in [-0.3, -0.25) is 9.59 Å². The first-order chi connectivity index (χ1) is 14.5. The van der Waals surface area contributed by atoms with Crippen molar-refractivity contribution in [1.82, 2.24) is 0 Å². The number of aliphatic hydroxyl groups is 2. The fourth-order valence-corrected chi connectivity index (χ4v) is 3.83. The Bertz CT molecular complexity index is 800. The van der Waals surface area contributed by atoms with Crippen LogP contribution in [0, 0.1) is 11.8 Å². The van der Waals surface area contributed by atoms with Crippen molar-refractivity contribution in [2.75, 3.05) is 0 Å². The Kier molecular flexibility index (Phi) is 7.79. The Hall–Kier alpha value is -2.48. The molecule has 1 fully saturated rings. The predicted octanol–water partition coefficient (Wildman–Crippen LogP) is 2.61. The zero-order valence-corrected chi connectivity index (χ0v) is 16.7. The molecule has 1 saturated carbocycles. The minimum atomic E-state index is -1.05. The van der Waals surface area contributed by atoms with Crippen molar-refractivity contribution in [2.45, 2.75) is 57.2 Å². The average Bonchev–Trinajstić information content (AvgIpc) is 3.00. The molecule has 5 atom stereocenters. The number of aliphatic carboxylic acids is 1. The van der Waals surface area contributed by atoms with Gasteiger partial charge < -0.3 is 24.8 Å². The summed E-state index contributed by atoms with van der Waals surface area (Å²) in [5.41, 5.74) is 0.911. The molecule has 3 N–H and O–H groups in total. The summed E-state index contributed by atoms with van der Waals surface area (Å²) in [4.78, 5) is 22.8. The van der Waals surface area contributed by atoms with E-state index in [4.69, 9.17) is 14.6 Å². The molecule has 1 aliphatic carbocycles. The maximum absolute atomic E-state index is 12.3. The van der Waals surface area contributed by atoms with Crippen molar-refractivity contribution in [3.8, 4) is 5.75 Å². The van der Waals surface area contributed by atoms with Crippen LogP contribution >= 0.6 is 0 Å². The number of Topliss-reactive ketones (excluding diaryl/α,β-unsaturated/α-hetero) is 1. The third kappa shape index (κ3) is 5.78. The third-order valence-electron chi connectivity index (χ3n) is 5.49. The molecule has 2 aliphatic rings. The summed E-state index contributed by atoms with van der Waals surface area (Å²) in [5, 5.41) is 29.3. The number of ketones is 1. The quantitative estimate of drug-likeness (QED) is 0.419. The lowest BCUT2D eigenvalue weighted by atomic mass is 9.90. The van der Waals surface area contributed by atoms with Crippen LogP contribution in [0.2, 0.25) is 0 Å². The summed E-state index contributed by atoms with van der Waals surface area (Å²) in [7, 11) is 0. The number of rotatable bonds is 9. The van der Waals surface area contributed by atoms with Crippen LogP contribution in [0.5, 0.6) is 5.75 Å². The van der Waals surface area contributed by atoms with Gasteiger partial charge in [0, 0.05) is 30.2 Å². The molecular weight excluding hydrogens is 388 g/mol. The zero-order valence-electron chi connectivity index (χ0n) is 16.7. The highest BCUT2D eigenvalue weighted by molar-refractivity contribution is 5.86. The number of carboxylic acid groups (broad SMARTS) is 1. The first kappa shape index (κ1) is 22.2. The van der Waals surface area contributed by atoms with E-state index in [1.807, 2.05) is 36.4 Å². The summed E-state index contributed by atoms with van der Waals surface area (Å²) in [6, 6.07) is 7.45. The van der Waals surface area contributed by atoms with Crippen LogP contribution in [-0.4, -0.2) is 45.6 Å². The fraction of sp³-hybridized carbons (Fsp3) is 0.478. The first-order valence-corrected chi connectivity index (χ1v) is 10.3. The average molecular weight is 416 g/mol. The summed E-state index contributed by atoms with van der Waals surface area (Å²) in [6.07, 6.45) is 6.18. The van der Waals surface area contributed by atoms with E-state index in [0.717, 1.165) is 5.56 Å². The van der Waals surface area contributed by atoms with Crippen molar-refractivity contribution < 1.29 is 34.4 Å². The Morgan fingerprint density at radius 1 is 1.27 bits per heavy atom. The van der Waals surface area contributed by atoms with Crippen LogP contribution in [0.25, 0.3) is 0 Å². The molecule has 162 valence electrons. The standard InChI is InChI=1S/C23H28O7/c24-18(23-29-14-15-7-5-6-9-21(15)30-23)12-11-17-16(19(25)13-20(17)26)8-3-1-2-4-10-22(27)28/h1,3,5-7,9,11-12,16-19,23-25H,2,4,8,10,13-14H2,(H,27,28)/t16-,17-,18+,19+,23?/m1/s1. The lowest BCUT2D eigenvalue weighted by Crippen LogP contribution is -2.36. The van der Waals surface area contributed by atoms with E-state index < -0.39 is 30.4 Å². The Balaban J connectivity index is 1.55. The van der Waals surface area contributed by atoms with E-state index in [-0.39, 0.29) is 24.5 Å². The molecule has 0 saturated heterocycles. The van der Waals surface area contributed by atoms with Crippen LogP contribution in [0.15, 0.2) is 48.6 Å². The van der Waals surface area contributed by atoms with Crippen molar-refractivity contribution in [1.29, 1.82) is 0 Å². The molecule has 1 aliphatic heterocycles. The number of para-hydroxylation sites is 1. The second kappa shape index (κ2) is 10.5. The van der Waals surface area contributed by atoms with Gasteiger partial charge in [0.05, 0.1) is 12.7 Å². The lowest BCUT2D eigenvalue weighted by Gasteiger charge is -2.28. The smallest absolute Gasteiger partial charge is 0.303 e. The van der Waals surface area contributed by atoms with Gasteiger partial charge in [-0.1, -0.05) is 42.5 Å². The van der Waals surface area contributed by atoms with Gasteiger partial charge in [-0.25, -0.2) is 0 Å². The van der Waals surface area contributed by atoms with E-state index in [2.05, 4.69) is 0 Å². The van der Waals surface area contributed by atoms with E-state index in [1.165, 1.54) is 6.08 Å². The van der Waals surface area contributed by atoms with Gasteiger partial charge in [-0.05, 0) is 25.3 Å². The molecule has 1 unspecified atom stereocenters. The highest BCUT2D eigenvalue weighted by Gasteiger charge is 2.39. The number of hydrogen-bond acceptors (Lipinski definition) is 6. The van der Waals surface area contributed by atoms with Crippen LogP contribution in [0.1, 0.15) is 37.7 Å². The van der Waals surface area contributed by atoms with Crippen molar-refractivity contribution >= 4 is 11.8 Å². The maximum Gasteiger partial charge on any atom is 0.303 e. The van der Waals surface area contributed by atoms with E-state index in [0.29, 0.717) is 31.6 Å². The number of fused-ring (bicyclic) bond motifs is 1. The second-order valence-corrected chi connectivity index (χ2v) is 7.70. The number of carboxylic acids is 1. The van der Waals surface area contributed by atoms with Gasteiger partial charge in [0.25, 0.3) is 0 Å². The number of allylic oxidation sites excluding steroid dienone is 3. The molecule has 1 aromatic rings. The summed E-state index contributed by atoms with van der Waals surface area (Å²) in [6.45, 7) is 0.335. The summed E-state index contributed by atoms with van der Waals surface area (Å²) < 4.78 is 11.3. The minimum absolute atomic E-state index is 0.0638. The maximum atomic E-state index is 12.3. The third-order valence-corrected chi connectivity index (χ3v) is 5.49. The summed E-state index contributed by atoms with van der Waals surface area (Å²) in [5.74, 6) is -0.983. The molecule has 1 aromatic carbocycles. The predicted molar refractivity (Wildman–Crippen MR) is 109 cm³/mol. The Morgan fingerprint density at radius 3 is 2.87 bits per heavy atom. The van der Waals surface area contributed by atoms with Crippen LogP contribution in [0.4, 0.5) is 0 Å². The second-order valence-electron chi connectivity index (χ2n) is 7.70. The molecule has 0 radical (unpaired) electrons. The highest BCUT2D eigenvalue weighted by Crippen LogP contribution is 2.34. The molecule has 7 heteroatoms. The van der Waals surface area contributed by atoms with Gasteiger partial charge in [0.2, 0.25) is 6.29 Å². The van der Waals surface area contributed by atoms with Crippen LogP contribution < -0.4 is 4.74 Å². The van der Waals surface area contributed by atoms with Gasteiger partial charge in [0.15, 0.2) is 0 Å². The number of carbonyl (C=O) groups excluding carboxylic acids is 1. The topological polar surface area (TPSA) is 113 Å². The van der Waals surface area contributed by atoms with Crippen molar-refractivity contribution in [2.24, 2.45) is 11.8 Å². The zero-order chi connectivity index (χ0) is 21.5. The number of aliphatic hydroxyl groups excluding tert-OH is 2. The number of benzene rings is 1. The highest BCUT2D eigenvalue weighted by atomic mass is 16.7. The number of carbonyl (C=O) groups is 2. The van der Waals surface area contributed by atoms with E-state index >= 15 is 0 Å². The molecule has 7 nitrogen and oxygen atoms in total. The van der Waals surface area contributed by atoms with E-state index in [1.54, 1.807) is 6.08 Å². The fourth-order valence-electron chi connectivity index (χ4n) is 3.83. The van der Waals surface area contributed by atoms with Crippen molar-refractivity contribution in [3.63, 3.8) is 0 Å². The molecule has 0 spiro atoms. The van der Waals surface area contributed by atoms with E-state index in [9.17, 15) is 19.8 Å². The van der Waals surface area contributed by atoms with Gasteiger partial charge in [-0.2, -0.15) is 0 Å². The largest absolute Gasteiger partial charge is 0.481 e. The molecule has 3 rings (SSSR count). The molecule has 1 heterocycles. The molecular formula is C23H28O7. The number of hydrogen-bond donors (Lipinski definition) is 3. The molecule has 0 bridgehead atoms. The normalized spacial score (nSPS) is 27.3. The van der Waals surface area contributed by atoms with Gasteiger partial charge >= 0.3 is 5.97 Å². The van der Waals surface area contributed by atoms with Crippen LogP contribution in [-0.2, 0) is 20.9 Å². The molecule has 0 amide bonds. The SMILES string of the molecule is O=C(O)CCCC=CC[C@H]1[C@@H](O)CC(=O)[C@@H]1C=C[C@H](O)C1OCc2ccccc2O1. The Labute approximate surface area is 175 Å². The minimum Gasteiger partial charge on any atom is -0.481 e. The Morgan fingerprint density at radius 2 is 2.07 bits per heavy atom. The number of unbranched alkanes of at least 4 members (excludes halogenated alkanes) is 1. The number of ether oxygens (including phenoxy) is 2. The monoisotopic (exact) mass is 416 g/mol. The lowest BCUT2D eigenvalue weighted by molar-refractivity contribution is -0.152. The molecule has 30 heavy (non-hydrogen) atoms. The van der Waals surface area contributed by atoms with Gasteiger partial charge in [0.1, 0.15) is 17.6 Å². The first-order valence-electron chi connectivity index (χ1n) is 10.3. The summed E-state index contributed by atoms with van der Waals surface area (Å²) >= 11 is 0. The van der Waals surface area contributed by atoms with Gasteiger partial charge in [-0.15, -0.1) is 0 Å².